The lowest BCUT2D eigenvalue weighted by Crippen LogP contribution is -2.29. The van der Waals surface area contributed by atoms with Gasteiger partial charge in [-0.2, -0.15) is 4.31 Å². The average Bonchev–Trinajstić information content (AvgIpc) is 2.24. The maximum Gasteiger partial charge on any atom is 0.211 e. The fourth-order valence-corrected chi connectivity index (χ4v) is 2.33. The molecule has 0 amide bonds. The third kappa shape index (κ3) is 3.67. The summed E-state index contributed by atoms with van der Waals surface area (Å²) in [6.45, 7) is 2.25. The van der Waals surface area contributed by atoms with E-state index in [4.69, 9.17) is 4.74 Å². The number of hydrogen-bond acceptors (Lipinski definition) is 3. The van der Waals surface area contributed by atoms with Gasteiger partial charge in [0, 0.05) is 13.1 Å². The fourth-order valence-electron chi connectivity index (χ4n) is 1.48. The molecule has 4 nitrogen and oxygen atoms in total. The van der Waals surface area contributed by atoms with Crippen LogP contribution in [0.2, 0.25) is 0 Å². The molecule has 1 aromatic carbocycles. The van der Waals surface area contributed by atoms with E-state index in [1.54, 1.807) is 13.0 Å². The summed E-state index contributed by atoms with van der Waals surface area (Å²) in [6.07, 6.45) is 1.14. The SMILES string of the molecule is CCN(Cc1ccc(OC)c(F)c1)S(C)(=O)=O. The van der Waals surface area contributed by atoms with Gasteiger partial charge >= 0.3 is 0 Å². The van der Waals surface area contributed by atoms with Crippen molar-refractivity contribution in [3.63, 3.8) is 0 Å². The van der Waals surface area contributed by atoms with Crippen LogP contribution in [-0.2, 0) is 16.6 Å². The first kappa shape index (κ1) is 13.9. The second-order valence-electron chi connectivity index (χ2n) is 3.66. The summed E-state index contributed by atoms with van der Waals surface area (Å²) < 4.78 is 42.2. The maximum absolute atomic E-state index is 13.4. The van der Waals surface area contributed by atoms with E-state index in [0.29, 0.717) is 12.1 Å². The van der Waals surface area contributed by atoms with Crippen molar-refractivity contribution in [2.75, 3.05) is 19.9 Å². The third-order valence-corrected chi connectivity index (χ3v) is 3.72. The van der Waals surface area contributed by atoms with Crippen LogP contribution >= 0.6 is 0 Å². The van der Waals surface area contributed by atoms with Crippen LogP contribution in [-0.4, -0.2) is 32.6 Å². The van der Waals surface area contributed by atoms with Crippen LogP contribution in [0.3, 0.4) is 0 Å². The predicted octanol–water partition coefficient (Wildman–Crippen LogP) is 1.62. The van der Waals surface area contributed by atoms with Gasteiger partial charge in [0.1, 0.15) is 0 Å². The Morgan fingerprint density at radius 3 is 2.47 bits per heavy atom. The monoisotopic (exact) mass is 261 g/mol. The third-order valence-electron chi connectivity index (χ3n) is 2.40. The minimum atomic E-state index is -3.26. The highest BCUT2D eigenvalue weighted by Gasteiger charge is 2.15. The minimum absolute atomic E-state index is 0.149. The molecular weight excluding hydrogens is 245 g/mol. The van der Waals surface area contributed by atoms with E-state index in [1.807, 2.05) is 0 Å². The Bertz CT molecular complexity index is 487. The van der Waals surface area contributed by atoms with E-state index >= 15 is 0 Å². The maximum atomic E-state index is 13.4. The molecule has 0 radical (unpaired) electrons. The summed E-state index contributed by atoms with van der Waals surface area (Å²) in [6, 6.07) is 4.42. The summed E-state index contributed by atoms with van der Waals surface area (Å²) in [4.78, 5) is 0. The Morgan fingerprint density at radius 2 is 2.06 bits per heavy atom. The average molecular weight is 261 g/mol. The topological polar surface area (TPSA) is 46.6 Å². The van der Waals surface area contributed by atoms with Crippen molar-refractivity contribution in [3.05, 3.63) is 29.6 Å². The van der Waals surface area contributed by atoms with E-state index < -0.39 is 15.8 Å². The highest BCUT2D eigenvalue weighted by molar-refractivity contribution is 7.88. The van der Waals surface area contributed by atoms with Crippen molar-refractivity contribution in [2.45, 2.75) is 13.5 Å². The standard InChI is InChI=1S/C11H16FNO3S/c1-4-13(17(3,14)15)8-9-5-6-11(16-2)10(12)7-9/h5-7H,4,8H2,1-3H3. The van der Waals surface area contributed by atoms with Crippen LogP contribution in [0.5, 0.6) is 5.75 Å². The van der Waals surface area contributed by atoms with Gasteiger partial charge in [-0.15, -0.1) is 0 Å². The molecule has 17 heavy (non-hydrogen) atoms. The molecular formula is C11H16FNO3S. The summed E-state index contributed by atoms with van der Waals surface area (Å²) in [7, 11) is -1.88. The lowest BCUT2D eigenvalue weighted by Gasteiger charge is -2.18. The lowest BCUT2D eigenvalue weighted by molar-refractivity contribution is 0.384. The van der Waals surface area contributed by atoms with Crippen molar-refractivity contribution in [3.8, 4) is 5.75 Å². The molecule has 0 aromatic heterocycles. The molecule has 0 aliphatic rings. The highest BCUT2D eigenvalue weighted by atomic mass is 32.2. The number of rotatable bonds is 5. The van der Waals surface area contributed by atoms with Crippen LogP contribution in [0, 0.1) is 5.82 Å². The molecule has 1 aromatic rings. The zero-order valence-electron chi connectivity index (χ0n) is 10.1. The van der Waals surface area contributed by atoms with Gasteiger partial charge in [-0.3, -0.25) is 0 Å². The zero-order chi connectivity index (χ0) is 13.1. The van der Waals surface area contributed by atoms with Crippen LogP contribution < -0.4 is 4.74 Å². The molecule has 0 saturated carbocycles. The number of ether oxygens (including phenoxy) is 1. The summed E-state index contributed by atoms with van der Waals surface area (Å²) in [5, 5.41) is 0. The molecule has 0 heterocycles. The van der Waals surface area contributed by atoms with Gasteiger partial charge in [0.05, 0.1) is 13.4 Å². The highest BCUT2D eigenvalue weighted by Crippen LogP contribution is 2.19. The fraction of sp³-hybridized carbons (Fsp3) is 0.455. The molecule has 0 atom stereocenters. The zero-order valence-corrected chi connectivity index (χ0v) is 10.9. The van der Waals surface area contributed by atoms with Crippen LogP contribution in [0.1, 0.15) is 12.5 Å². The van der Waals surface area contributed by atoms with Gasteiger partial charge in [-0.25, -0.2) is 12.8 Å². The number of methoxy groups -OCH3 is 1. The van der Waals surface area contributed by atoms with Crippen molar-refractivity contribution in [2.24, 2.45) is 0 Å². The first-order valence-corrected chi connectivity index (χ1v) is 7.00. The predicted molar refractivity (Wildman–Crippen MR) is 63.9 cm³/mol. The molecule has 0 aliphatic carbocycles. The second kappa shape index (κ2) is 5.46. The Labute approximate surface area is 101 Å². The smallest absolute Gasteiger partial charge is 0.211 e. The van der Waals surface area contributed by atoms with E-state index in [9.17, 15) is 12.8 Å². The van der Waals surface area contributed by atoms with Crippen LogP contribution in [0.4, 0.5) is 4.39 Å². The summed E-state index contributed by atoms with van der Waals surface area (Å²) in [5.41, 5.74) is 0.593. The van der Waals surface area contributed by atoms with Gasteiger partial charge in [0.25, 0.3) is 0 Å². The van der Waals surface area contributed by atoms with Gasteiger partial charge in [-0.05, 0) is 17.7 Å². The van der Waals surface area contributed by atoms with Crippen LogP contribution in [0.25, 0.3) is 0 Å². The number of sulfonamides is 1. The molecule has 0 fully saturated rings. The van der Waals surface area contributed by atoms with Crippen molar-refractivity contribution in [1.82, 2.24) is 4.31 Å². The van der Waals surface area contributed by atoms with Gasteiger partial charge < -0.3 is 4.74 Å². The quantitative estimate of drug-likeness (QED) is 0.809. The number of nitrogens with zero attached hydrogens (tertiary/aromatic N) is 1. The first-order chi connectivity index (χ1) is 7.88. The molecule has 0 spiro atoms. The Kier molecular flexibility index (Phi) is 4.47. The summed E-state index contributed by atoms with van der Waals surface area (Å²) >= 11 is 0. The summed E-state index contributed by atoms with van der Waals surface area (Å²) in [5.74, 6) is -0.342. The van der Waals surface area contributed by atoms with Gasteiger partial charge in [0.2, 0.25) is 10.0 Å². The lowest BCUT2D eigenvalue weighted by atomic mass is 10.2. The molecule has 96 valence electrons. The minimum Gasteiger partial charge on any atom is -0.494 e. The number of hydrogen-bond donors (Lipinski definition) is 0. The number of benzene rings is 1. The van der Waals surface area contributed by atoms with Gasteiger partial charge in [0.15, 0.2) is 11.6 Å². The van der Waals surface area contributed by atoms with E-state index in [2.05, 4.69) is 0 Å². The molecule has 0 unspecified atom stereocenters. The molecule has 6 heteroatoms. The van der Waals surface area contributed by atoms with E-state index in [-0.39, 0.29) is 12.3 Å². The molecule has 1 rings (SSSR count). The Balaban J connectivity index is 2.92. The molecule has 0 bridgehead atoms. The Morgan fingerprint density at radius 1 is 1.41 bits per heavy atom. The molecule has 0 aliphatic heterocycles. The van der Waals surface area contributed by atoms with Crippen molar-refractivity contribution in [1.29, 1.82) is 0 Å². The Hall–Kier alpha value is -1.14. The number of halogens is 1. The first-order valence-electron chi connectivity index (χ1n) is 5.16. The van der Waals surface area contributed by atoms with Crippen LogP contribution in [0.15, 0.2) is 18.2 Å². The van der Waals surface area contributed by atoms with E-state index in [1.165, 1.54) is 23.5 Å². The van der Waals surface area contributed by atoms with Gasteiger partial charge in [-0.1, -0.05) is 13.0 Å². The van der Waals surface area contributed by atoms with Crippen molar-refractivity contribution >= 4 is 10.0 Å². The van der Waals surface area contributed by atoms with E-state index in [0.717, 1.165) is 6.26 Å². The molecule has 0 N–H and O–H groups in total. The largest absolute Gasteiger partial charge is 0.494 e. The second-order valence-corrected chi connectivity index (χ2v) is 5.64. The van der Waals surface area contributed by atoms with Crippen molar-refractivity contribution < 1.29 is 17.5 Å². The normalized spacial score (nSPS) is 11.8. The molecule has 0 saturated heterocycles.